The molecule has 102 valence electrons. The molecule has 0 aliphatic carbocycles. The first kappa shape index (κ1) is 13.5. The largest absolute Gasteiger partial charge is 0.459 e. The minimum absolute atomic E-state index is 0.249. The third-order valence-corrected chi connectivity index (χ3v) is 2.90. The molecule has 0 saturated carbocycles. The lowest BCUT2D eigenvalue weighted by atomic mass is 10.2. The van der Waals surface area contributed by atoms with E-state index in [1.807, 2.05) is 5.38 Å². The van der Waals surface area contributed by atoms with Crippen LogP contribution in [-0.2, 0) is 16.1 Å². The molecule has 0 saturated heterocycles. The third kappa shape index (κ3) is 3.28. The van der Waals surface area contributed by atoms with Gasteiger partial charge >= 0.3 is 11.7 Å². The van der Waals surface area contributed by atoms with Crippen molar-refractivity contribution >= 4 is 17.3 Å². The maximum absolute atomic E-state index is 12.0. The SMILES string of the molecule is CC(C)(C)OC(=O)Cn1nnn(-c2cccs2)c1=O. The number of carbonyl (C=O) groups is 1. The van der Waals surface area contributed by atoms with Gasteiger partial charge in [-0.3, -0.25) is 4.79 Å². The van der Waals surface area contributed by atoms with E-state index in [4.69, 9.17) is 4.74 Å². The zero-order chi connectivity index (χ0) is 14.0. The van der Waals surface area contributed by atoms with E-state index >= 15 is 0 Å². The highest BCUT2D eigenvalue weighted by atomic mass is 32.1. The number of nitrogens with zero attached hydrogens (tertiary/aromatic N) is 4. The van der Waals surface area contributed by atoms with Crippen molar-refractivity contribution in [3.05, 3.63) is 28.0 Å². The summed E-state index contributed by atoms with van der Waals surface area (Å²) in [5.74, 6) is -0.521. The lowest BCUT2D eigenvalue weighted by molar-refractivity contribution is -0.155. The molecular weight excluding hydrogens is 268 g/mol. The summed E-state index contributed by atoms with van der Waals surface area (Å²) < 4.78 is 7.25. The minimum atomic E-state index is -0.593. The van der Waals surface area contributed by atoms with E-state index in [2.05, 4.69) is 10.4 Å². The van der Waals surface area contributed by atoms with Gasteiger partial charge < -0.3 is 4.74 Å². The maximum Gasteiger partial charge on any atom is 0.369 e. The highest BCUT2D eigenvalue weighted by Gasteiger charge is 2.19. The van der Waals surface area contributed by atoms with E-state index < -0.39 is 17.3 Å². The fourth-order valence-corrected chi connectivity index (χ4v) is 2.07. The maximum atomic E-state index is 12.0. The number of ether oxygens (including phenoxy) is 1. The van der Waals surface area contributed by atoms with Crippen molar-refractivity contribution in [3.63, 3.8) is 0 Å². The van der Waals surface area contributed by atoms with Gasteiger partial charge in [-0.2, -0.15) is 9.36 Å². The summed E-state index contributed by atoms with van der Waals surface area (Å²) in [4.78, 5) is 23.6. The Kier molecular flexibility index (Phi) is 3.52. The molecular formula is C11H14N4O3S. The zero-order valence-electron chi connectivity index (χ0n) is 10.9. The Morgan fingerprint density at radius 2 is 2.16 bits per heavy atom. The Morgan fingerprint density at radius 3 is 2.74 bits per heavy atom. The zero-order valence-corrected chi connectivity index (χ0v) is 11.7. The molecule has 0 unspecified atom stereocenters. The topological polar surface area (TPSA) is 79.0 Å². The highest BCUT2D eigenvalue weighted by Crippen LogP contribution is 2.10. The van der Waals surface area contributed by atoms with Gasteiger partial charge in [-0.25, -0.2) is 4.79 Å². The molecule has 0 fully saturated rings. The van der Waals surface area contributed by atoms with Crippen LogP contribution in [0.5, 0.6) is 0 Å². The average molecular weight is 282 g/mol. The number of rotatable bonds is 3. The van der Waals surface area contributed by atoms with E-state index in [-0.39, 0.29) is 6.54 Å². The number of carbonyl (C=O) groups excluding carboxylic acids is 1. The first-order valence-corrected chi connectivity index (χ1v) is 6.53. The van der Waals surface area contributed by atoms with Gasteiger partial charge in [0.1, 0.15) is 17.1 Å². The molecule has 0 atom stereocenters. The van der Waals surface area contributed by atoms with Gasteiger partial charge in [-0.1, -0.05) is 0 Å². The lowest BCUT2D eigenvalue weighted by Gasteiger charge is -2.18. The molecule has 19 heavy (non-hydrogen) atoms. The second kappa shape index (κ2) is 4.96. The summed E-state index contributed by atoms with van der Waals surface area (Å²) in [5, 5.41) is 9.87. The monoisotopic (exact) mass is 282 g/mol. The molecule has 2 heterocycles. The molecule has 7 nitrogen and oxygen atoms in total. The Hall–Kier alpha value is -1.96. The van der Waals surface area contributed by atoms with E-state index in [1.54, 1.807) is 32.9 Å². The van der Waals surface area contributed by atoms with Crippen LogP contribution in [0.1, 0.15) is 20.8 Å². The van der Waals surface area contributed by atoms with E-state index in [0.717, 1.165) is 9.36 Å². The molecule has 0 spiro atoms. The summed E-state index contributed by atoms with van der Waals surface area (Å²) in [6.45, 7) is 5.03. The van der Waals surface area contributed by atoms with Crippen LogP contribution < -0.4 is 5.69 Å². The summed E-state index contributed by atoms with van der Waals surface area (Å²) in [6, 6.07) is 3.55. The first-order chi connectivity index (χ1) is 8.87. The van der Waals surface area contributed by atoms with Crippen LogP contribution in [0.4, 0.5) is 0 Å². The number of thiophene rings is 1. The lowest BCUT2D eigenvalue weighted by Crippen LogP contribution is -2.31. The molecule has 0 bridgehead atoms. The Balaban J connectivity index is 2.15. The number of hydrogen-bond acceptors (Lipinski definition) is 6. The standard InChI is InChI=1S/C11H14N4O3S/c1-11(2,3)18-9(16)7-14-10(17)15(13-12-14)8-5-4-6-19-8/h4-6H,7H2,1-3H3. The van der Waals surface area contributed by atoms with Crippen molar-refractivity contribution in [1.29, 1.82) is 0 Å². The predicted molar refractivity (Wildman–Crippen MR) is 69.3 cm³/mol. The van der Waals surface area contributed by atoms with E-state index in [0.29, 0.717) is 5.00 Å². The summed E-state index contributed by atoms with van der Waals surface area (Å²) >= 11 is 1.36. The first-order valence-electron chi connectivity index (χ1n) is 5.65. The van der Waals surface area contributed by atoms with Gasteiger partial charge in [-0.05, 0) is 48.7 Å². The second-order valence-corrected chi connectivity index (χ2v) is 5.79. The number of hydrogen-bond donors (Lipinski definition) is 0. The van der Waals surface area contributed by atoms with Crippen LogP contribution in [0.15, 0.2) is 22.3 Å². The Morgan fingerprint density at radius 1 is 1.42 bits per heavy atom. The van der Waals surface area contributed by atoms with Gasteiger partial charge in [0.2, 0.25) is 0 Å². The van der Waals surface area contributed by atoms with Gasteiger partial charge in [0.15, 0.2) is 0 Å². The minimum Gasteiger partial charge on any atom is -0.459 e. The fourth-order valence-electron chi connectivity index (χ4n) is 1.40. The van der Waals surface area contributed by atoms with Crippen LogP contribution in [0.2, 0.25) is 0 Å². The Bertz CT molecular complexity index is 621. The van der Waals surface area contributed by atoms with Gasteiger partial charge in [0.05, 0.1) is 0 Å². The normalized spacial score (nSPS) is 11.5. The van der Waals surface area contributed by atoms with Crippen molar-refractivity contribution in [1.82, 2.24) is 19.8 Å². The summed E-state index contributed by atoms with van der Waals surface area (Å²) in [7, 11) is 0. The molecule has 0 N–H and O–H groups in total. The fraction of sp³-hybridized carbons (Fsp3) is 0.455. The third-order valence-electron chi connectivity index (χ3n) is 2.05. The smallest absolute Gasteiger partial charge is 0.369 e. The van der Waals surface area contributed by atoms with Crippen LogP contribution in [0.25, 0.3) is 5.00 Å². The molecule has 0 aliphatic rings. The molecule has 0 radical (unpaired) electrons. The predicted octanol–water partition coefficient (Wildman–Crippen LogP) is 0.832. The van der Waals surface area contributed by atoms with Crippen molar-refractivity contribution in [2.75, 3.05) is 0 Å². The van der Waals surface area contributed by atoms with Gasteiger partial charge in [0, 0.05) is 0 Å². The van der Waals surface area contributed by atoms with Crippen LogP contribution in [-0.4, -0.2) is 31.4 Å². The van der Waals surface area contributed by atoms with Gasteiger partial charge in [0.25, 0.3) is 0 Å². The average Bonchev–Trinajstić information content (AvgIpc) is 2.87. The molecule has 2 rings (SSSR count). The summed E-state index contributed by atoms with van der Waals surface area (Å²) in [5.41, 5.74) is -1.06. The molecule has 2 aromatic heterocycles. The van der Waals surface area contributed by atoms with Crippen molar-refractivity contribution in [2.24, 2.45) is 0 Å². The number of tetrazole rings is 1. The van der Waals surface area contributed by atoms with Crippen LogP contribution >= 0.6 is 11.3 Å². The highest BCUT2D eigenvalue weighted by molar-refractivity contribution is 7.12. The summed E-state index contributed by atoms with van der Waals surface area (Å²) in [6.07, 6.45) is 0. The quantitative estimate of drug-likeness (QED) is 0.779. The number of esters is 1. The van der Waals surface area contributed by atoms with Crippen molar-refractivity contribution in [3.8, 4) is 5.00 Å². The van der Waals surface area contributed by atoms with Crippen molar-refractivity contribution in [2.45, 2.75) is 32.9 Å². The van der Waals surface area contributed by atoms with Crippen LogP contribution in [0.3, 0.4) is 0 Å². The Labute approximate surface area is 113 Å². The van der Waals surface area contributed by atoms with E-state index in [1.165, 1.54) is 11.3 Å². The van der Waals surface area contributed by atoms with E-state index in [9.17, 15) is 9.59 Å². The second-order valence-electron chi connectivity index (χ2n) is 4.87. The van der Waals surface area contributed by atoms with Crippen molar-refractivity contribution < 1.29 is 9.53 Å². The van der Waals surface area contributed by atoms with Gasteiger partial charge in [-0.15, -0.1) is 11.3 Å². The molecule has 0 aliphatic heterocycles. The molecule has 0 amide bonds. The number of aromatic nitrogens is 4. The molecule has 2 aromatic rings. The molecule has 0 aromatic carbocycles. The van der Waals surface area contributed by atoms with Crippen LogP contribution in [0, 0.1) is 0 Å². The molecule has 8 heteroatoms.